The van der Waals surface area contributed by atoms with E-state index in [1.807, 2.05) is 6.07 Å². The minimum atomic E-state index is 0.557. The molecule has 2 aliphatic rings. The van der Waals surface area contributed by atoms with Gasteiger partial charge in [-0.05, 0) is 57.2 Å². The van der Waals surface area contributed by atoms with Gasteiger partial charge in [0, 0.05) is 18.2 Å². The first-order valence-corrected chi connectivity index (χ1v) is 8.19. The molecule has 2 atom stereocenters. The van der Waals surface area contributed by atoms with Gasteiger partial charge in [-0.15, -0.1) is 0 Å². The van der Waals surface area contributed by atoms with Crippen LogP contribution in [0.3, 0.4) is 0 Å². The van der Waals surface area contributed by atoms with Crippen LogP contribution in [0.25, 0.3) is 0 Å². The van der Waals surface area contributed by atoms with Crippen LogP contribution in [0.1, 0.15) is 32.1 Å². The van der Waals surface area contributed by atoms with E-state index in [0.717, 1.165) is 36.8 Å². The lowest BCUT2D eigenvalue weighted by molar-refractivity contribution is 0.119. The lowest BCUT2D eigenvalue weighted by atomic mass is 9.89. The summed E-state index contributed by atoms with van der Waals surface area (Å²) in [7, 11) is 2.28. The molecule has 110 valence electrons. The minimum Gasteiger partial charge on any atom is -0.494 e. The normalized spacial score (nSPS) is 29.6. The van der Waals surface area contributed by atoms with E-state index in [1.165, 1.54) is 25.7 Å². The number of hydrogen-bond donors (Lipinski definition) is 0. The van der Waals surface area contributed by atoms with Crippen LogP contribution in [-0.2, 0) is 0 Å². The second kappa shape index (κ2) is 6.13. The molecule has 2 aliphatic heterocycles. The van der Waals surface area contributed by atoms with E-state index in [9.17, 15) is 0 Å². The second-order valence-electron chi connectivity index (χ2n) is 6.10. The number of nitrogens with zero attached hydrogens (tertiary/aromatic N) is 1. The summed E-state index contributed by atoms with van der Waals surface area (Å²) in [6.07, 6.45) is 6.56. The predicted octanol–water partition coefficient (Wildman–Crippen LogP) is 4.64. The smallest absolute Gasteiger partial charge is 0.120 e. The van der Waals surface area contributed by atoms with Crippen molar-refractivity contribution < 1.29 is 4.74 Å². The Kier molecular flexibility index (Phi) is 4.44. The van der Waals surface area contributed by atoms with Crippen LogP contribution < -0.4 is 4.74 Å². The molecular formula is C16H21Cl2NO. The Bertz CT molecular complexity index is 466. The molecule has 0 radical (unpaired) electrons. The van der Waals surface area contributed by atoms with Crippen molar-refractivity contribution in [2.45, 2.75) is 44.2 Å². The quantitative estimate of drug-likeness (QED) is 0.803. The summed E-state index contributed by atoms with van der Waals surface area (Å²) in [6, 6.07) is 7.08. The molecule has 0 spiro atoms. The zero-order chi connectivity index (χ0) is 14.1. The Labute approximate surface area is 131 Å². The van der Waals surface area contributed by atoms with Gasteiger partial charge in [-0.2, -0.15) is 0 Å². The molecule has 2 fully saturated rings. The van der Waals surface area contributed by atoms with Gasteiger partial charge in [0.2, 0.25) is 0 Å². The summed E-state index contributed by atoms with van der Waals surface area (Å²) in [4.78, 5) is 2.58. The monoisotopic (exact) mass is 313 g/mol. The maximum Gasteiger partial charge on any atom is 0.120 e. The minimum absolute atomic E-state index is 0.557. The van der Waals surface area contributed by atoms with Crippen LogP contribution in [0.4, 0.5) is 0 Å². The number of rotatable bonds is 4. The molecule has 2 saturated heterocycles. The number of fused-ring (bicyclic) bond motifs is 2. The van der Waals surface area contributed by atoms with Crippen LogP contribution >= 0.6 is 23.2 Å². The Morgan fingerprint density at radius 2 is 1.85 bits per heavy atom. The van der Waals surface area contributed by atoms with Crippen molar-refractivity contribution in [3.05, 3.63) is 28.2 Å². The van der Waals surface area contributed by atoms with Gasteiger partial charge in [-0.25, -0.2) is 0 Å². The molecule has 2 heterocycles. The van der Waals surface area contributed by atoms with Gasteiger partial charge < -0.3 is 9.64 Å². The van der Waals surface area contributed by atoms with Crippen LogP contribution in [-0.4, -0.2) is 30.6 Å². The summed E-state index contributed by atoms with van der Waals surface area (Å²) in [6.45, 7) is 0.770. The fourth-order valence-corrected chi connectivity index (χ4v) is 3.96. The van der Waals surface area contributed by atoms with E-state index >= 15 is 0 Å². The molecule has 20 heavy (non-hydrogen) atoms. The van der Waals surface area contributed by atoms with Gasteiger partial charge in [-0.1, -0.05) is 23.2 Å². The van der Waals surface area contributed by atoms with E-state index in [-0.39, 0.29) is 0 Å². The highest BCUT2D eigenvalue weighted by Crippen LogP contribution is 2.38. The van der Waals surface area contributed by atoms with E-state index in [4.69, 9.17) is 27.9 Å². The molecular weight excluding hydrogens is 293 g/mol. The Hall–Kier alpha value is -0.440. The first kappa shape index (κ1) is 14.5. The van der Waals surface area contributed by atoms with Gasteiger partial charge in [0.1, 0.15) is 5.75 Å². The first-order chi connectivity index (χ1) is 9.63. The molecule has 0 amide bonds. The molecule has 0 aliphatic carbocycles. The number of piperidine rings is 1. The van der Waals surface area contributed by atoms with Crippen molar-refractivity contribution in [1.82, 2.24) is 4.90 Å². The summed E-state index contributed by atoms with van der Waals surface area (Å²) in [5.41, 5.74) is 0. The van der Waals surface area contributed by atoms with E-state index < -0.39 is 0 Å². The third-order valence-electron chi connectivity index (χ3n) is 4.88. The highest BCUT2D eigenvalue weighted by molar-refractivity contribution is 6.42. The Morgan fingerprint density at radius 1 is 1.15 bits per heavy atom. The van der Waals surface area contributed by atoms with Crippen molar-refractivity contribution in [3.8, 4) is 5.75 Å². The van der Waals surface area contributed by atoms with Crippen molar-refractivity contribution in [1.29, 1.82) is 0 Å². The zero-order valence-corrected chi connectivity index (χ0v) is 13.3. The fourth-order valence-electron chi connectivity index (χ4n) is 3.67. The van der Waals surface area contributed by atoms with E-state index in [2.05, 4.69) is 11.9 Å². The molecule has 0 N–H and O–H groups in total. The molecule has 1 aromatic rings. The number of hydrogen-bond acceptors (Lipinski definition) is 2. The summed E-state index contributed by atoms with van der Waals surface area (Å²) < 4.78 is 5.81. The van der Waals surface area contributed by atoms with Crippen LogP contribution in [0, 0.1) is 5.92 Å². The molecule has 0 saturated carbocycles. The van der Waals surface area contributed by atoms with Gasteiger partial charge in [0.25, 0.3) is 0 Å². The third-order valence-corrected chi connectivity index (χ3v) is 5.62. The average Bonchev–Trinajstić information content (AvgIpc) is 2.65. The van der Waals surface area contributed by atoms with Crippen molar-refractivity contribution >= 4 is 23.2 Å². The van der Waals surface area contributed by atoms with Gasteiger partial charge in [-0.3, -0.25) is 0 Å². The first-order valence-electron chi connectivity index (χ1n) is 7.43. The lowest BCUT2D eigenvalue weighted by Crippen LogP contribution is -2.40. The van der Waals surface area contributed by atoms with E-state index in [0.29, 0.717) is 10.0 Å². The van der Waals surface area contributed by atoms with Gasteiger partial charge in [0.05, 0.1) is 16.7 Å². The van der Waals surface area contributed by atoms with Crippen LogP contribution in [0.2, 0.25) is 10.0 Å². The molecule has 2 bridgehead atoms. The topological polar surface area (TPSA) is 12.5 Å². The van der Waals surface area contributed by atoms with E-state index in [1.54, 1.807) is 12.1 Å². The largest absolute Gasteiger partial charge is 0.494 e. The standard InChI is InChI=1S/C16H21Cl2NO/c1-19-12-2-3-13(19)9-11(8-12)6-7-20-14-4-5-15(17)16(18)10-14/h4-5,10-13H,2-3,6-9H2,1H3. The molecule has 2 nitrogen and oxygen atoms in total. The third kappa shape index (κ3) is 3.08. The van der Waals surface area contributed by atoms with Crippen molar-refractivity contribution in [2.75, 3.05) is 13.7 Å². The SMILES string of the molecule is CN1C2CCC1CC(CCOc1ccc(Cl)c(Cl)c1)C2. The van der Waals surface area contributed by atoms with Crippen molar-refractivity contribution in [3.63, 3.8) is 0 Å². The zero-order valence-electron chi connectivity index (χ0n) is 11.8. The summed E-state index contributed by atoms with van der Waals surface area (Å²) in [5.74, 6) is 1.63. The highest BCUT2D eigenvalue weighted by Gasteiger charge is 2.37. The maximum atomic E-state index is 5.99. The fraction of sp³-hybridized carbons (Fsp3) is 0.625. The number of ether oxygens (including phenoxy) is 1. The number of benzene rings is 1. The Balaban J connectivity index is 1.47. The molecule has 2 unspecified atom stereocenters. The Morgan fingerprint density at radius 3 is 2.50 bits per heavy atom. The molecule has 0 aromatic heterocycles. The average molecular weight is 314 g/mol. The van der Waals surface area contributed by atoms with Crippen molar-refractivity contribution in [2.24, 2.45) is 5.92 Å². The van der Waals surface area contributed by atoms with Gasteiger partial charge in [0.15, 0.2) is 0 Å². The van der Waals surface area contributed by atoms with Crippen LogP contribution in [0.5, 0.6) is 5.75 Å². The molecule has 3 rings (SSSR count). The number of halogens is 2. The highest BCUT2D eigenvalue weighted by atomic mass is 35.5. The van der Waals surface area contributed by atoms with Gasteiger partial charge >= 0.3 is 0 Å². The second-order valence-corrected chi connectivity index (χ2v) is 6.92. The maximum absolute atomic E-state index is 5.99. The van der Waals surface area contributed by atoms with Crippen LogP contribution in [0.15, 0.2) is 18.2 Å². The lowest BCUT2D eigenvalue weighted by Gasteiger charge is -2.36. The predicted molar refractivity (Wildman–Crippen MR) is 83.9 cm³/mol. The summed E-state index contributed by atoms with van der Waals surface area (Å²) >= 11 is 11.9. The summed E-state index contributed by atoms with van der Waals surface area (Å²) in [5, 5.41) is 1.13. The molecule has 4 heteroatoms. The molecule has 1 aromatic carbocycles.